The van der Waals surface area contributed by atoms with Crippen molar-refractivity contribution in [2.24, 2.45) is 0 Å². The average molecular weight is 296 g/mol. The van der Waals surface area contributed by atoms with Crippen molar-refractivity contribution in [3.8, 4) is 0 Å². The molecule has 0 radical (unpaired) electrons. The highest BCUT2D eigenvalue weighted by molar-refractivity contribution is 5.87. The van der Waals surface area contributed by atoms with E-state index in [1.54, 1.807) is 4.90 Å². The SMILES string of the molecule is CC1CCC(C)N1C(C)C(=O)N1CCCCCC1C(=O)O. The predicted molar refractivity (Wildman–Crippen MR) is 81.1 cm³/mol. The van der Waals surface area contributed by atoms with Gasteiger partial charge in [0.05, 0.1) is 6.04 Å². The molecule has 120 valence electrons. The molecule has 2 saturated heterocycles. The Kier molecular flexibility index (Phi) is 5.25. The normalized spacial score (nSPS) is 32.7. The molecule has 0 saturated carbocycles. The summed E-state index contributed by atoms with van der Waals surface area (Å²) in [7, 11) is 0. The van der Waals surface area contributed by atoms with Gasteiger partial charge in [0.2, 0.25) is 5.91 Å². The zero-order valence-electron chi connectivity index (χ0n) is 13.4. The first-order valence-electron chi connectivity index (χ1n) is 8.24. The van der Waals surface area contributed by atoms with Gasteiger partial charge in [0, 0.05) is 18.6 Å². The van der Waals surface area contributed by atoms with Gasteiger partial charge in [0.1, 0.15) is 6.04 Å². The Hall–Kier alpha value is -1.10. The Morgan fingerprint density at radius 2 is 1.67 bits per heavy atom. The Labute approximate surface area is 127 Å². The molecule has 1 N–H and O–H groups in total. The van der Waals surface area contributed by atoms with Gasteiger partial charge in [-0.05, 0) is 46.5 Å². The molecular weight excluding hydrogens is 268 g/mol. The Bertz CT molecular complexity index is 389. The van der Waals surface area contributed by atoms with Crippen molar-refractivity contribution in [3.05, 3.63) is 0 Å². The number of carboxylic acids is 1. The van der Waals surface area contributed by atoms with Crippen molar-refractivity contribution in [2.45, 2.75) is 83.5 Å². The summed E-state index contributed by atoms with van der Waals surface area (Å²) in [5.41, 5.74) is 0. The van der Waals surface area contributed by atoms with E-state index in [1.165, 1.54) is 0 Å². The van der Waals surface area contributed by atoms with E-state index in [-0.39, 0.29) is 11.9 Å². The number of nitrogens with zero attached hydrogens (tertiary/aromatic N) is 2. The van der Waals surface area contributed by atoms with E-state index in [1.807, 2.05) is 6.92 Å². The van der Waals surface area contributed by atoms with E-state index in [0.29, 0.717) is 25.0 Å². The van der Waals surface area contributed by atoms with Crippen LogP contribution in [0.5, 0.6) is 0 Å². The van der Waals surface area contributed by atoms with Crippen LogP contribution in [-0.2, 0) is 9.59 Å². The van der Waals surface area contributed by atoms with E-state index in [0.717, 1.165) is 32.1 Å². The molecule has 0 bridgehead atoms. The monoisotopic (exact) mass is 296 g/mol. The van der Waals surface area contributed by atoms with Crippen LogP contribution in [0.15, 0.2) is 0 Å². The van der Waals surface area contributed by atoms with Gasteiger partial charge in [-0.3, -0.25) is 9.69 Å². The lowest BCUT2D eigenvalue weighted by molar-refractivity contribution is -0.152. The van der Waals surface area contributed by atoms with Gasteiger partial charge >= 0.3 is 5.97 Å². The predicted octanol–water partition coefficient (Wildman–Crippen LogP) is 2.10. The quantitative estimate of drug-likeness (QED) is 0.866. The molecule has 0 aromatic heterocycles. The van der Waals surface area contributed by atoms with Crippen molar-refractivity contribution < 1.29 is 14.7 Å². The summed E-state index contributed by atoms with van der Waals surface area (Å²) in [4.78, 5) is 28.2. The fraction of sp³-hybridized carbons (Fsp3) is 0.875. The zero-order valence-corrected chi connectivity index (χ0v) is 13.4. The lowest BCUT2D eigenvalue weighted by Gasteiger charge is -2.36. The summed E-state index contributed by atoms with van der Waals surface area (Å²) in [5, 5.41) is 9.43. The van der Waals surface area contributed by atoms with Crippen LogP contribution in [0.2, 0.25) is 0 Å². The molecule has 0 aromatic rings. The van der Waals surface area contributed by atoms with E-state index in [9.17, 15) is 14.7 Å². The zero-order chi connectivity index (χ0) is 15.6. The Balaban J connectivity index is 2.13. The number of hydrogen-bond acceptors (Lipinski definition) is 3. The van der Waals surface area contributed by atoms with Crippen molar-refractivity contribution in [2.75, 3.05) is 6.54 Å². The third-order valence-electron chi connectivity index (χ3n) is 5.15. The van der Waals surface area contributed by atoms with Crippen LogP contribution in [0.1, 0.15) is 59.3 Å². The van der Waals surface area contributed by atoms with Crippen LogP contribution in [0, 0.1) is 0 Å². The third-order valence-corrected chi connectivity index (χ3v) is 5.15. The standard InChI is InChI=1S/C16H28N2O3/c1-11-8-9-12(2)18(11)13(3)15(19)17-10-6-4-5-7-14(17)16(20)21/h11-14H,4-10H2,1-3H3,(H,20,21). The minimum absolute atomic E-state index is 0.00935. The number of carbonyl (C=O) groups is 2. The molecule has 0 aromatic carbocycles. The molecule has 2 heterocycles. The maximum absolute atomic E-state index is 12.9. The fourth-order valence-corrected chi connectivity index (χ4v) is 3.97. The summed E-state index contributed by atoms with van der Waals surface area (Å²) in [6.45, 7) is 6.83. The average Bonchev–Trinajstić information content (AvgIpc) is 2.67. The summed E-state index contributed by atoms with van der Waals surface area (Å²) in [5.74, 6) is -0.870. The first-order valence-corrected chi connectivity index (χ1v) is 8.24. The number of carbonyl (C=O) groups excluding carboxylic acids is 1. The number of amides is 1. The fourth-order valence-electron chi connectivity index (χ4n) is 3.97. The minimum atomic E-state index is -0.861. The largest absolute Gasteiger partial charge is 0.480 e. The summed E-state index contributed by atoms with van der Waals surface area (Å²) >= 11 is 0. The molecule has 2 fully saturated rings. The number of aliphatic carboxylic acids is 1. The molecule has 1 amide bonds. The minimum Gasteiger partial charge on any atom is -0.480 e. The molecule has 4 unspecified atom stereocenters. The molecule has 0 spiro atoms. The molecule has 0 aliphatic carbocycles. The van der Waals surface area contributed by atoms with Crippen LogP contribution < -0.4 is 0 Å². The Morgan fingerprint density at radius 3 is 2.24 bits per heavy atom. The molecule has 2 aliphatic rings. The van der Waals surface area contributed by atoms with Gasteiger partial charge in [0.25, 0.3) is 0 Å². The van der Waals surface area contributed by atoms with Crippen LogP contribution in [0.4, 0.5) is 0 Å². The van der Waals surface area contributed by atoms with Crippen LogP contribution >= 0.6 is 0 Å². The number of carboxylic acid groups (broad SMARTS) is 1. The van der Waals surface area contributed by atoms with E-state index >= 15 is 0 Å². The van der Waals surface area contributed by atoms with E-state index in [2.05, 4.69) is 18.7 Å². The molecule has 4 atom stereocenters. The van der Waals surface area contributed by atoms with Crippen molar-refractivity contribution in [3.63, 3.8) is 0 Å². The van der Waals surface area contributed by atoms with Gasteiger partial charge in [-0.2, -0.15) is 0 Å². The van der Waals surface area contributed by atoms with Crippen LogP contribution in [0.3, 0.4) is 0 Å². The third kappa shape index (κ3) is 3.39. The molecular formula is C16H28N2O3. The van der Waals surface area contributed by atoms with Crippen LogP contribution in [-0.4, -0.2) is 57.5 Å². The smallest absolute Gasteiger partial charge is 0.326 e. The van der Waals surface area contributed by atoms with E-state index < -0.39 is 12.0 Å². The second kappa shape index (κ2) is 6.77. The highest BCUT2D eigenvalue weighted by Crippen LogP contribution is 2.28. The lowest BCUT2D eigenvalue weighted by Crippen LogP contribution is -2.54. The van der Waals surface area contributed by atoms with Crippen molar-refractivity contribution in [1.29, 1.82) is 0 Å². The topological polar surface area (TPSA) is 60.9 Å². The summed E-state index contributed by atoms with van der Waals surface area (Å²) in [6, 6.07) is -0.0727. The Morgan fingerprint density at radius 1 is 1.05 bits per heavy atom. The molecule has 21 heavy (non-hydrogen) atoms. The maximum Gasteiger partial charge on any atom is 0.326 e. The molecule has 5 nitrogen and oxygen atoms in total. The second-order valence-electron chi connectivity index (χ2n) is 6.63. The van der Waals surface area contributed by atoms with Gasteiger partial charge < -0.3 is 10.0 Å². The lowest BCUT2D eigenvalue weighted by atomic mass is 10.1. The summed E-state index contributed by atoms with van der Waals surface area (Å²) in [6.07, 6.45) is 5.62. The second-order valence-corrected chi connectivity index (χ2v) is 6.63. The molecule has 5 heteroatoms. The van der Waals surface area contributed by atoms with Gasteiger partial charge in [-0.25, -0.2) is 4.79 Å². The maximum atomic E-state index is 12.9. The highest BCUT2D eigenvalue weighted by Gasteiger charge is 2.39. The number of hydrogen-bond donors (Lipinski definition) is 1. The number of likely N-dealkylation sites (tertiary alicyclic amines) is 2. The van der Waals surface area contributed by atoms with Crippen molar-refractivity contribution >= 4 is 11.9 Å². The molecule has 2 rings (SSSR count). The summed E-state index contributed by atoms with van der Waals surface area (Å²) < 4.78 is 0. The van der Waals surface area contributed by atoms with Crippen LogP contribution in [0.25, 0.3) is 0 Å². The highest BCUT2D eigenvalue weighted by atomic mass is 16.4. The van der Waals surface area contributed by atoms with Gasteiger partial charge in [0.15, 0.2) is 0 Å². The van der Waals surface area contributed by atoms with Crippen molar-refractivity contribution in [1.82, 2.24) is 9.80 Å². The van der Waals surface area contributed by atoms with Gasteiger partial charge in [-0.15, -0.1) is 0 Å². The molecule has 2 aliphatic heterocycles. The van der Waals surface area contributed by atoms with Gasteiger partial charge in [-0.1, -0.05) is 12.8 Å². The van der Waals surface area contributed by atoms with E-state index in [4.69, 9.17) is 0 Å². The number of rotatable bonds is 3. The first kappa shape index (κ1) is 16.3. The first-order chi connectivity index (χ1) is 9.93.